The van der Waals surface area contributed by atoms with Gasteiger partial charge in [-0.2, -0.15) is 13.2 Å². The minimum Gasteiger partial charge on any atom is -0.489 e. The van der Waals surface area contributed by atoms with E-state index < -0.39 is 35.9 Å². The summed E-state index contributed by atoms with van der Waals surface area (Å²) in [5, 5.41) is 0. The number of rotatable bonds is 3. The molecule has 1 aromatic carbocycles. The molecule has 1 aliphatic rings. The number of nitrogens with zero attached hydrogens (tertiary/aromatic N) is 1. The largest absolute Gasteiger partial charge is 0.489 e. The SMILES string of the molecule is CC(C)(C)c1c(F)cc(F)cc1OC1CCN(CC(F)(F)F)C1. The highest BCUT2D eigenvalue weighted by atomic mass is 19.4. The molecule has 0 aliphatic carbocycles. The zero-order valence-corrected chi connectivity index (χ0v) is 13.3. The first-order chi connectivity index (χ1) is 10.5. The fourth-order valence-corrected chi connectivity index (χ4v) is 2.84. The summed E-state index contributed by atoms with van der Waals surface area (Å²) in [6.07, 6.45) is -4.39. The van der Waals surface area contributed by atoms with Crippen LogP contribution in [0.4, 0.5) is 22.0 Å². The van der Waals surface area contributed by atoms with Crippen molar-refractivity contribution >= 4 is 0 Å². The van der Waals surface area contributed by atoms with E-state index in [9.17, 15) is 22.0 Å². The molecule has 0 aromatic heterocycles. The van der Waals surface area contributed by atoms with Gasteiger partial charge in [-0.3, -0.25) is 4.90 Å². The quantitative estimate of drug-likeness (QED) is 0.764. The smallest absolute Gasteiger partial charge is 0.401 e. The predicted molar refractivity (Wildman–Crippen MR) is 76.6 cm³/mol. The summed E-state index contributed by atoms with van der Waals surface area (Å²) in [7, 11) is 0. The van der Waals surface area contributed by atoms with E-state index in [-0.39, 0.29) is 24.4 Å². The molecule has 2 nitrogen and oxygen atoms in total. The number of benzene rings is 1. The lowest BCUT2D eigenvalue weighted by molar-refractivity contribution is -0.144. The van der Waals surface area contributed by atoms with E-state index in [1.165, 1.54) is 4.90 Å². The number of hydrogen-bond donors (Lipinski definition) is 0. The Morgan fingerprint density at radius 3 is 2.39 bits per heavy atom. The van der Waals surface area contributed by atoms with Crippen LogP contribution in [0.3, 0.4) is 0 Å². The lowest BCUT2D eigenvalue weighted by atomic mass is 9.86. The molecule has 1 fully saturated rings. The van der Waals surface area contributed by atoms with Gasteiger partial charge in [0.15, 0.2) is 0 Å². The standard InChI is InChI=1S/C16H20F5NO/c1-15(2,3)14-12(18)6-10(17)7-13(14)23-11-4-5-22(8-11)9-16(19,20)21/h6-7,11H,4-5,8-9H2,1-3H3. The van der Waals surface area contributed by atoms with Crippen LogP contribution >= 0.6 is 0 Å². The van der Waals surface area contributed by atoms with Gasteiger partial charge in [0.25, 0.3) is 0 Å². The number of alkyl halides is 3. The molecule has 1 aliphatic heterocycles. The third-order valence-electron chi connectivity index (χ3n) is 3.69. The molecule has 0 radical (unpaired) electrons. The van der Waals surface area contributed by atoms with Crippen molar-refractivity contribution < 1.29 is 26.7 Å². The monoisotopic (exact) mass is 337 g/mol. The van der Waals surface area contributed by atoms with Gasteiger partial charge < -0.3 is 4.74 Å². The molecule has 2 rings (SSSR count). The second-order valence-corrected chi connectivity index (χ2v) is 6.89. The molecule has 1 unspecified atom stereocenters. The number of likely N-dealkylation sites (tertiary alicyclic amines) is 1. The minimum absolute atomic E-state index is 0.0638. The van der Waals surface area contributed by atoms with Crippen molar-refractivity contribution in [3.8, 4) is 5.75 Å². The van der Waals surface area contributed by atoms with Gasteiger partial charge in [0.2, 0.25) is 0 Å². The van der Waals surface area contributed by atoms with Crippen molar-refractivity contribution in [2.45, 2.75) is 44.9 Å². The second-order valence-electron chi connectivity index (χ2n) is 6.89. The maximum absolute atomic E-state index is 14.1. The van der Waals surface area contributed by atoms with E-state index in [4.69, 9.17) is 4.74 Å². The van der Waals surface area contributed by atoms with Crippen LogP contribution in [-0.2, 0) is 5.41 Å². The van der Waals surface area contributed by atoms with E-state index >= 15 is 0 Å². The molecular weight excluding hydrogens is 317 g/mol. The summed E-state index contributed by atoms with van der Waals surface area (Å²) in [6.45, 7) is 4.62. The van der Waals surface area contributed by atoms with E-state index in [0.29, 0.717) is 6.42 Å². The molecule has 0 N–H and O–H groups in total. The van der Waals surface area contributed by atoms with Gasteiger partial charge in [-0.15, -0.1) is 0 Å². The van der Waals surface area contributed by atoms with Crippen molar-refractivity contribution in [1.29, 1.82) is 0 Å². The van der Waals surface area contributed by atoms with E-state index in [1.54, 1.807) is 20.8 Å². The molecule has 23 heavy (non-hydrogen) atoms. The van der Waals surface area contributed by atoms with Crippen molar-refractivity contribution in [1.82, 2.24) is 4.90 Å². The van der Waals surface area contributed by atoms with E-state index in [0.717, 1.165) is 12.1 Å². The van der Waals surface area contributed by atoms with Gasteiger partial charge in [-0.05, 0) is 11.8 Å². The minimum atomic E-state index is -4.27. The first kappa shape index (κ1) is 18.0. The topological polar surface area (TPSA) is 12.5 Å². The zero-order valence-electron chi connectivity index (χ0n) is 13.3. The first-order valence-corrected chi connectivity index (χ1v) is 7.41. The summed E-state index contributed by atoms with van der Waals surface area (Å²) < 4.78 is 70.5. The Hall–Kier alpha value is -1.37. The van der Waals surface area contributed by atoms with Crippen molar-refractivity contribution in [2.24, 2.45) is 0 Å². The Labute approximate surface area is 132 Å². The van der Waals surface area contributed by atoms with Gasteiger partial charge in [0.1, 0.15) is 23.5 Å². The molecule has 0 spiro atoms. The molecule has 0 amide bonds. The third kappa shape index (κ3) is 4.80. The van der Waals surface area contributed by atoms with Gasteiger partial charge in [-0.25, -0.2) is 8.78 Å². The summed E-state index contributed by atoms with van der Waals surface area (Å²) in [5.41, 5.74) is -0.384. The second kappa shape index (κ2) is 6.26. The highest BCUT2D eigenvalue weighted by Crippen LogP contribution is 2.36. The molecule has 1 saturated heterocycles. The Morgan fingerprint density at radius 2 is 1.83 bits per heavy atom. The molecular formula is C16H20F5NO. The molecule has 1 heterocycles. The van der Waals surface area contributed by atoms with Crippen molar-refractivity contribution in [3.63, 3.8) is 0 Å². The maximum Gasteiger partial charge on any atom is 0.401 e. The molecule has 130 valence electrons. The molecule has 1 atom stereocenters. The Bertz CT molecular complexity index is 565. The molecule has 7 heteroatoms. The normalized spacial score (nSPS) is 20.1. The average Bonchev–Trinajstić information content (AvgIpc) is 2.70. The fourth-order valence-electron chi connectivity index (χ4n) is 2.84. The van der Waals surface area contributed by atoms with Gasteiger partial charge in [-0.1, -0.05) is 20.8 Å². The average molecular weight is 337 g/mol. The molecule has 0 bridgehead atoms. The number of ether oxygens (including phenoxy) is 1. The summed E-state index contributed by atoms with van der Waals surface area (Å²) >= 11 is 0. The number of hydrogen-bond acceptors (Lipinski definition) is 2. The van der Waals surface area contributed by atoms with E-state index in [1.807, 2.05) is 0 Å². The third-order valence-corrected chi connectivity index (χ3v) is 3.69. The van der Waals surface area contributed by atoms with Crippen LogP contribution in [0.25, 0.3) is 0 Å². The van der Waals surface area contributed by atoms with Gasteiger partial charge >= 0.3 is 6.18 Å². The maximum atomic E-state index is 14.1. The molecule has 1 aromatic rings. The van der Waals surface area contributed by atoms with Gasteiger partial charge in [0.05, 0.1) is 6.54 Å². The van der Waals surface area contributed by atoms with Crippen LogP contribution in [0.5, 0.6) is 5.75 Å². The highest BCUT2D eigenvalue weighted by Gasteiger charge is 2.35. The molecule has 0 saturated carbocycles. The summed E-state index contributed by atoms with van der Waals surface area (Å²) in [4.78, 5) is 1.23. The van der Waals surface area contributed by atoms with Crippen LogP contribution in [0, 0.1) is 11.6 Å². The Balaban J connectivity index is 2.15. The van der Waals surface area contributed by atoms with Crippen molar-refractivity contribution in [2.75, 3.05) is 19.6 Å². The lowest BCUT2D eigenvalue weighted by Gasteiger charge is -2.25. The van der Waals surface area contributed by atoms with Crippen LogP contribution in [0.1, 0.15) is 32.8 Å². The Kier molecular flexibility index (Phi) is 4.89. The van der Waals surface area contributed by atoms with Crippen LogP contribution in [-0.4, -0.2) is 36.8 Å². The fraction of sp³-hybridized carbons (Fsp3) is 0.625. The highest BCUT2D eigenvalue weighted by molar-refractivity contribution is 5.40. The zero-order chi connectivity index (χ0) is 17.4. The van der Waals surface area contributed by atoms with E-state index in [2.05, 4.69) is 0 Å². The first-order valence-electron chi connectivity index (χ1n) is 7.41. The lowest BCUT2D eigenvalue weighted by Crippen LogP contribution is -2.34. The predicted octanol–water partition coefficient (Wildman–Crippen LogP) is 4.28. The van der Waals surface area contributed by atoms with Crippen molar-refractivity contribution in [3.05, 3.63) is 29.3 Å². The van der Waals surface area contributed by atoms with Crippen LogP contribution in [0.15, 0.2) is 12.1 Å². The van der Waals surface area contributed by atoms with Gasteiger partial charge in [0, 0.05) is 30.8 Å². The summed E-state index contributed by atoms with van der Waals surface area (Å²) in [6, 6.07) is 1.88. The summed E-state index contributed by atoms with van der Waals surface area (Å²) in [5.74, 6) is -1.41. The van der Waals surface area contributed by atoms with Crippen LogP contribution < -0.4 is 4.74 Å². The number of halogens is 5. The Morgan fingerprint density at radius 1 is 1.17 bits per heavy atom. The van der Waals surface area contributed by atoms with Crippen LogP contribution in [0.2, 0.25) is 0 Å².